The SMILES string of the molecule is CC(C)(C)CCC(N)c1cccc2nccnc12. The summed E-state index contributed by atoms with van der Waals surface area (Å²) in [6, 6.07) is 6.07. The number of benzene rings is 1. The highest BCUT2D eigenvalue weighted by Gasteiger charge is 2.16. The lowest BCUT2D eigenvalue weighted by Crippen LogP contribution is -2.15. The van der Waals surface area contributed by atoms with E-state index in [1.54, 1.807) is 12.4 Å². The molecule has 18 heavy (non-hydrogen) atoms. The quantitative estimate of drug-likeness (QED) is 0.898. The van der Waals surface area contributed by atoms with Crippen LogP contribution >= 0.6 is 0 Å². The van der Waals surface area contributed by atoms with E-state index in [1.807, 2.05) is 12.1 Å². The molecule has 1 aromatic heterocycles. The summed E-state index contributed by atoms with van der Waals surface area (Å²) in [4.78, 5) is 8.72. The number of nitrogens with two attached hydrogens (primary N) is 1. The van der Waals surface area contributed by atoms with E-state index in [4.69, 9.17) is 5.73 Å². The van der Waals surface area contributed by atoms with E-state index in [1.165, 1.54) is 0 Å². The fourth-order valence-corrected chi connectivity index (χ4v) is 2.06. The van der Waals surface area contributed by atoms with Gasteiger partial charge in [0, 0.05) is 18.4 Å². The number of rotatable bonds is 3. The maximum absolute atomic E-state index is 6.30. The predicted octanol–water partition coefficient (Wildman–Crippen LogP) is 3.46. The van der Waals surface area contributed by atoms with Gasteiger partial charge < -0.3 is 5.73 Å². The van der Waals surface area contributed by atoms with E-state index in [2.05, 4.69) is 36.8 Å². The lowest BCUT2D eigenvalue weighted by atomic mass is 9.87. The molecule has 0 amide bonds. The van der Waals surface area contributed by atoms with Crippen molar-refractivity contribution in [3.05, 3.63) is 36.2 Å². The molecule has 1 unspecified atom stereocenters. The van der Waals surface area contributed by atoms with Crippen molar-refractivity contribution in [3.8, 4) is 0 Å². The Morgan fingerprint density at radius 1 is 1.17 bits per heavy atom. The van der Waals surface area contributed by atoms with Gasteiger partial charge in [-0.25, -0.2) is 0 Å². The molecule has 2 aromatic rings. The van der Waals surface area contributed by atoms with Gasteiger partial charge in [0.05, 0.1) is 11.0 Å². The molecule has 1 aromatic carbocycles. The van der Waals surface area contributed by atoms with E-state index in [9.17, 15) is 0 Å². The van der Waals surface area contributed by atoms with Gasteiger partial charge in [0.2, 0.25) is 0 Å². The fraction of sp³-hybridized carbons (Fsp3) is 0.467. The van der Waals surface area contributed by atoms with Crippen LogP contribution in [0.1, 0.15) is 45.2 Å². The summed E-state index contributed by atoms with van der Waals surface area (Å²) >= 11 is 0. The van der Waals surface area contributed by atoms with Crippen molar-refractivity contribution in [2.24, 2.45) is 11.1 Å². The van der Waals surface area contributed by atoms with Crippen molar-refractivity contribution in [2.45, 2.75) is 39.7 Å². The van der Waals surface area contributed by atoms with Crippen molar-refractivity contribution >= 4 is 11.0 Å². The molecule has 3 heteroatoms. The summed E-state index contributed by atoms with van der Waals surface area (Å²) in [6.07, 6.45) is 5.51. The first kappa shape index (κ1) is 13.0. The molecule has 0 fully saturated rings. The van der Waals surface area contributed by atoms with E-state index >= 15 is 0 Å². The first-order valence-electron chi connectivity index (χ1n) is 6.42. The average molecular weight is 243 g/mol. The monoisotopic (exact) mass is 243 g/mol. The van der Waals surface area contributed by atoms with Crippen molar-refractivity contribution < 1.29 is 0 Å². The molecule has 1 heterocycles. The van der Waals surface area contributed by atoms with Crippen LogP contribution in [0.4, 0.5) is 0 Å². The Morgan fingerprint density at radius 3 is 2.61 bits per heavy atom. The number of para-hydroxylation sites is 1. The molecule has 0 spiro atoms. The first-order valence-corrected chi connectivity index (χ1v) is 6.42. The minimum atomic E-state index is 0.0321. The molecule has 0 saturated heterocycles. The molecular weight excluding hydrogens is 222 g/mol. The number of hydrogen-bond acceptors (Lipinski definition) is 3. The molecule has 1 atom stereocenters. The third kappa shape index (κ3) is 3.05. The lowest BCUT2D eigenvalue weighted by Gasteiger charge is -2.21. The van der Waals surface area contributed by atoms with Crippen LogP contribution in [0.15, 0.2) is 30.6 Å². The second kappa shape index (κ2) is 5.02. The van der Waals surface area contributed by atoms with Gasteiger partial charge in [-0.2, -0.15) is 0 Å². The average Bonchev–Trinajstić information content (AvgIpc) is 2.34. The molecular formula is C15H21N3. The highest BCUT2D eigenvalue weighted by Crippen LogP contribution is 2.28. The Bertz CT molecular complexity index is 523. The van der Waals surface area contributed by atoms with E-state index in [0.29, 0.717) is 5.41 Å². The summed E-state index contributed by atoms with van der Waals surface area (Å²) in [5.74, 6) is 0. The number of nitrogens with zero attached hydrogens (tertiary/aromatic N) is 2. The van der Waals surface area contributed by atoms with Crippen LogP contribution in [0.5, 0.6) is 0 Å². The van der Waals surface area contributed by atoms with Crippen LogP contribution in [0.2, 0.25) is 0 Å². The molecule has 0 bridgehead atoms. The summed E-state index contributed by atoms with van der Waals surface area (Å²) < 4.78 is 0. The Kier molecular flexibility index (Phi) is 3.62. The van der Waals surface area contributed by atoms with Crippen LogP contribution < -0.4 is 5.73 Å². The third-order valence-corrected chi connectivity index (χ3v) is 3.13. The third-order valence-electron chi connectivity index (χ3n) is 3.13. The molecule has 0 radical (unpaired) electrons. The van der Waals surface area contributed by atoms with E-state index in [0.717, 1.165) is 29.4 Å². The van der Waals surface area contributed by atoms with Crippen LogP contribution in [0, 0.1) is 5.41 Å². The van der Waals surface area contributed by atoms with Gasteiger partial charge in [-0.1, -0.05) is 32.9 Å². The maximum atomic E-state index is 6.30. The summed E-state index contributed by atoms with van der Waals surface area (Å²) in [6.45, 7) is 6.72. The zero-order valence-corrected chi connectivity index (χ0v) is 11.4. The molecule has 0 saturated carbocycles. The molecule has 0 aliphatic heterocycles. The van der Waals surface area contributed by atoms with Crippen LogP contribution in [0.25, 0.3) is 11.0 Å². The van der Waals surface area contributed by atoms with Crippen molar-refractivity contribution in [1.29, 1.82) is 0 Å². The predicted molar refractivity (Wildman–Crippen MR) is 75.2 cm³/mol. The molecule has 2 N–H and O–H groups in total. The van der Waals surface area contributed by atoms with Crippen molar-refractivity contribution in [3.63, 3.8) is 0 Å². The molecule has 96 valence electrons. The molecule has 0 aliphatic rings. The van der Waals surface area contributed by atoms with Gasteiger partial charge in [0.25, 0.3) is 0 Å². The van der Waals surface area contributed by atoms with Crippen LogP contribution in [-0.2, 0) is 0 Å². The minimum absolute atomic E-state index is 0.0321. The topological polar surface area (TPSA) is 51.8 Å². The molecule has 0 aliphatic carbocycles. The van der Waals surface area contributed by atoms with Gasteiger partial charge in [-0.3, -0.25) is 9.97 Å². The Morgan fingerprint density at radius 2 is 1.89 bits per heavy atom. The first-order chi connectivity index (χ1) is 8.47. The Labute approximate surface area is 108 Å². The normalized spacial score (nSPS) is 13.8. The zero-order chi connectivity index (χ0) is 13.2. The number of hydrogen-bond donors (Lipinski definition) is 1. The van der Waals surface area contributed by atoms with Crippen LogP contribution in [0.3, 0.4) is 0 Å². The Balaban J connectivity index is 2.25. The highest BCUT2D eigenvalue weighted by molar-refractivity contribution is 5.77. The number of aromatic nitrogens is 2. The van der Waals surface area contributed by atoms with Gasteiger partial charge >= 0.3 is 0 Å². The molecule has 3 nitrogen and oxygen atoms in total. The second-order valence-corrected chi connectivity index (χ2v) is 5.98. The molecule has 2 rings (SSSR count). The second-order valence-electron chi connectivity index (χ2n) is 5.98. The highest BCUT2D eigenvalue weighted by atomic mass is 14.8. The lowest BCUT2D eigenvalue weighted by molar-refractivity contribution is 0.350. The van der Waals surface area contributed by atoms with Gasteiger partial charge in [0.1, 0.15) is 0 Å². The minimum Gasteiger partial charge on any atom is -0.324 e. The van der Waals surface area contributed by atoms with Crippen molar-refractivity contribution in [1.82, 2.24) is 9.97 Å². The number of fused-ring (bicyclic) bond motifs is 1. The Hall–Kier alpha value is -1.48. The maximum Gasteiger partial charge on any atom is 0.0934 e. The largest absolute Gasteiger partial charge is 0.324 e. The fourth-order valence-electron chi connectivity index (χ4n) is 2.06. The summed E-state index contributed by atoms with van der Waals surface area (Å²) in [5, 5.41) is 0. The van der Waals surface area contributed by atoms with Crippen LogP contribution in [-0.4, -0.2) is 9.97 Å². The summed E-state index contributed by atoms with van der Waals surface area (Å²) in [5.41, 5.74) is 9.57. The standard InChI is InChI=1S/C15H21N3/c1-15(2,3)8-7-12(16)11-5-4-6-13-14(11)18-10-9-17-13/h4-6,9-10,12H,7-8,16H2,1-3H3. The van der Waals surface area contributed by atoms with E-state index < -0.39 is 0 Å². The smallest absolute Gasteiger partial charge is 0.0934 e. The van der Waals surface area contributed by atoms with Crippen molar-refractivity contribution in [2.75, 3.05) is 0 Å². The summed E-state index contributed by atoms with van der Waals surface area (Å²) in [7, 11) is 0. The van der Waals surface area contributed by atoms with Gasteiger partial charge in [0.15, 0.2) is 0 Å². The zero-order valence-electron chi connectivity index (χ0n) is 11.4. The van der Waals surface area contributed by atoms with Gasteiger partial charge in [-0.15, -0.1) is 0 Å². The van der Waals surface area contributed by atoms with E-state index in [-0.39, 0.29) is 6.04 Å². The van der Waals surface area contributed by atoms with Gasteiger partial charge in [-0.05, 0) is 29.9 Å².